The van der Waals surface area contributed by atoms with E-state index in [0.29, 0.717) is 31.2 Å². The molecule has 2 aromatic heterocycles. The lowest BCUT2D eigenvalue weighted by Gasteiger charge is -2.34. The summed E-state index contributed by atoms with van der Waals surface area (Å²) in [7, 11) is 5.55. The van der Waals surface area contributed by atoms with Gasteiger partial charge in [0.25, 0.3) is 0 Å². The van der Waals surface area contributed by atoms with Gasteiger partial charge in [-0.15, -0.1) is 0 Å². The lowest BCUT2D eigenvalue weighted by Crippen LogP contribution is -2.45. The van der Waals surface area contributed by atoms with Crippen LogP contribution in [0, 0.1) is 18.3 Å². The van der Waals surface area contributed by atoms with E-state index in [9.17, 15) is 5.26 Å². The van der Waals surface area contributed by atoms with E-state index in [1.165, 1.54) is 5.56 Å². The van der Waals surface area contributed by atoms with Crippen LogP contribution < -0.4 is 14.4 Å². The van der Waals surface area contributed by atoms with E-state index >= 15 is 0 Å². The number of aromatic nitrogens is 3. The number of hydrogen-bond donors (Lipinski definition) is 0. The molecule has 264 valence electrons. The zero-order chi connectivity index (χ0) is 35.3. The average Bonchev–Trinajstić information content (AvgIpc) is 3.51. The molecule has 0 spiro atoms. The molecule has 7 rings (SSSR count). The topological polar surface area (TPSA) is 91.9 Å². The third kappa shape index (κ3) is 7.42. The van der Waals surface area contributed by atoms with Gasteiger partial charge in [0.15, 0.2) is 0 Å². The van der Waals surface area contributed by atoms with E-state index in [-0.39, 0.29) is 6.10 Å². The summed E-state index contributed by atoms with van der Waals surface area (Å²) >= 11 is 0. The molecule has 1 atom stereocenters. The zero-order valence-corrected chi connectivity index (χ0v) is 30.1. The number of likely N-dealkylation sites (N-methyl/N-ethyl adjacent to an activating group) is 1. The van der Waals surface area contributed by atoms with Crippen molar-refractivity contribution >= 4 is 16.7 Å². The van der Waals surface area contributed by atoms with Crippen LogP contribution in [0.1, 0.15) is 52.6 Å². The van der Waals surface area contributed by atoms with Crippen molar-refractivity contribution in [2.75, 3.05) is 65.5 Å². The van der Waals surface area contributed by atoms with Gasteiger partial charge in [0.05, 0.1) is 43.7 Å². The van der Waals surface area contributed by atoms with E-state index in [4.69, 9.17) is 24.2 Å². The molecule has 1 aliphatic carbocycles. The van der Waals surface area contributed by atoms with Gasteiger partial charge in [-0.3, -0.25) is 9.47 Å². The van der Waals surface area contributed by atoms with E-state index in [1.807, 2.05) is 36.4 Å². The Hall–Kier alpha value is -4.95. The van der Waals surface area contributed by atoms with Crippen LogP contribution in [0.4, 0.5) is 5.82 Å². The number of fused-ring (bicyclic) bond motifs is 2. The Morgan fingerprint density at radius 2 is 1.75 bits per heavy atom. The molecule has 1 unspecified atom stereocenters. The van der Waals surface area contributed by atoms with E-state index < -0.39 is 0 Å². The summed E-state index contributed by atoms with van der Waals surface area (Å²) in [5, 5.41) is 10.8. The molecule has 5 aromatic rings. The molecule has 51 heavy (non-hydrogen) atoms. The standard InChI is InChI=1S/C41H47N7O3/c1-29-24-35-31(26-42)12-8-14-36(35)48(29)41-43-39-34(13-9-15-37(39)51-23-22-46-20-18-45(2)19-21-46)40(44-41)47(27-30-10-6-5-7-11-30)28-32-16-17-33(49-3)25-38(32)50-4/h5-8,10-12,14,16-17,24-25,37H,9,13,15,18-23,27-28H2,1-4H3. The Balaban J connectivity index is 1.34. The van der Waals surface area contributed by atoms with Crippen molar-refractivity contribution < 1.29 is 14.2 Å². The second-order valence-electron chi connectivity index (χ2n) is 13.6. The van der Waals surface area contributed by atoms with Gasteiger partial charge in [0, 0.05) is 74.1 Å². The summed E-state index contributed by atoms with van der Waals surface area (Å²) in [6, 6.07) is 26.8. The van der Waals surface area contributed by atoms with Crippen LogP contribution in [-0.4, -0.2) is 84.9 Å². The fraction of sp³-hybridized carbons (Fsp3) is 0.390. The van der Waals surface area contributed by atoms with Gasteiger partial charge < -0.3 is 24.0 Å². The smallest absolute Gasteiger partial charge is 0.236 e. The minimum atomic E-state index is -0.146. The highest BCUT2D eigenvalue weighted by molar-refractivity contribution is 5.88. The van der Waals surface area contributed by atoms with Crippen molar-refractivity contribution in [3.63, 3.8) is 0 Å². The lowest BCUT2D eigenvalue weighted by molar-refractivity contribution is 0.0172. The van der Waals surface area contributed by atoms with Gasteiger partial charge in [-0.2, -0.15) is 10.2 Å². The number of aryl methyl sites for hydroxylation is 1. The number of hydrogen-bond acceptors (Lipinski definition) is 9. The monoisotopic (exact) mass is 685 g/mol. The number of benzene rings is 3. The largest absolute Gasteiger partial charge is 0.497 e. The third-order valence-electron chi connectivity index (χ3n) is 10.2. The molecule has 0 bridgehead atoms. The van der Waals surface area contributed by atoms with Gasteiger partial charge >= 0.3 is 0 Å². The molecule has 10 nitrogen and oxygen atoms in total. The fourth-order valence-corrected chi connectivity index (χ4v) is 7.43. The van der Waals surface area contributed by atoms with Crippen LogP contribution in [0.2, 0.25) is 0 Å². The summed E-state index contributed by atoms with van der Waals surface area (Å²) in [6.45, 7) is 9.09. The highest BCUT2D eigenvalue weighted by atomic mass is 16.5. The van der Waals surface area contributed by atoms with Gasteiger partial charge in [-0.25, -0.2) is 4.98 Å². The first-order valence-corrected chi connectivity index (χ1v) is 17.9. The summed E-state index contributed by atoms with van der Waals surface area (Å²) < 4.78 is 20.2. The molecule has 1 fully saturated rings. The Morgan fingerprint density at radius 3 is 2.51 bits per heavy atom. The number of rotatable bonds is 12. The molecule has 10 heteroatoms. The first-order valence-electron chi connectivity index (χ1n) is 17.9. The number of nitriles is 1. The van der Waals surface area contributed by atoms with Crippen molar-refractivity contribution in [1.29, 1.82) is 5.26 Å². The second kappa shape index (κ2) is 15.5. The van der Waals surface area contributed by atoms with Gasteiger partial charge in [-0.05, 0) is 69.1 Å². The van der Waals surface area contributed by atoms with Crippen LogP contribution in [0.5, 0.6) is 11.5 Å². The highest BCUT2D eigenvalue weighted by Crippen LogP contribution is 2.39. The minimum absolute atomic E-state index is 0.146. The summed E-state index contributed by atoms with van der Waals surface area (Å²) in [4.78, 5) is 18.0. The third-order valence-corrected chi connectivity index (χ3v) is 10.2. The lowest BCUT2D eigenvalue weighted by atomic mass is 9.93. The summed E-state index contributed by atoms with van der Waals surface area (Å²) in [6.07, 6.45) is 2.61. The first kappa shape index (κ1) is 34.5. The van der Waals surface area contributed by atoms with E-state index in [1.54, 1.807) is 14.2 Å². The van der Waals surface area contributed by atoms with Crippen LogP contribution in [0.3, 0.4) is 0 Å². The zero-order valence-electron chi connectivity index (χ0n) is 30.1. The number of nitrogens with zero attached hydrogens (tertiary/aromatic N) is 7. The molecular formula is C41H47N7O3. The molecule has 2 aliphatic rings. The predicted octanol–water partition coefficient (Wildman–Crippen LogP) is 6.47. The molecule has 1 saturated heterocycles. The van der Waals surface area contributed by atoms with E-state index in [2.05, 4.69) is 75.7 Å². The van der Waals surface area contributed by atoms with Crippen molar-refractivity contribution in [2.24, 2.45) is 0 Å². The van der Waals surface area contributed by atoms with E-state index in [0.717, 1.165) is 103 Å². The Kier molecular flexibility index (Phi) is 10.5. The number of anilines is 1. The molecule has 0 saturated carbocycles. The van der Waals surface area contributed by atoms with Gasteiger partial charge in [0.1, 0.15) is 23.4 Å². The molecule has 3 aromatic carbocycles. The van der Waals surface area contributed by atoms with Gasteiger partial charge in [-0.1, -0.05) is 36.4 Å². The molecule has 0 amide bonds. The number of ether oxygens (including phenoxy) is 3. The summed E-state index contributed by atoms with van der Waals surface area (Å²) in [5.41, 5.74) is 6.80. The predicted molar refractivity (Wildman–Crippen MR) is 200 cm³/mol. The SMILES string of the molecule is COc1ccc(CN(Cc2ccccc2)c2nc(-n3c(C)cc4c(C#N)cccc43)nc3c2CCCC3OCCN2CCN(C)CC2)c(OC)c1. The molecule has 0 N–H and O–H groups in total. The maximum Gasteiger partial charge on any atom is 0.236 e. The maximum atomic E-state index is 9.92. The number of piperazine rings is 1. The van der Waals surface area contributed by atoms with Crippen LogP contribution in [-0.2, 0) is 24.2 Å². The van der Waals surface area contributed by atoms with Crippen molar-refractivity contribution in [1.82, 2.24) is 24.3 Å². The molecular weight excluding hydrogens is 638 g/mol. The van der Waals surface area contributed by atoms with Crippen molar-refractivity contribution in [3.05, 3.63) is 106 Å². The Morgan fingerprint density at radius 1 is 0.922 bits per heavy atom. The minimum Gasteiger partial charge on any atom is -0.497 e. The number of methoxy groups -OCH3 is 2. The average molecular weight is 686 g/mol. The molecule has 0 radical (unpaired) electrons. The van der Waals surface area contributed by atoms with Crippen LogP contribution in [0.25, 0.3) is 16.9 Å². The maximum absolute atomic E-state index is 9.92. The second-order valence-corrected chi connectivity index (χ2v) is 13.6. The van der Waals surface area contributed by atoms with Crippen molar-refractivity contribution in [3.8, 4) is 23.5 Å². The quantitative estimate of drug-likeness (QED) is 0.147. The highest BCUT2D eigenvalue weighted by Gasteiger charge is 2.30. The molecule has 1 aliphatic heterocycles. The fourth-order valence-electron chi connectivity index (χ4n) is 7.43. The summed E-state index contributed by atoms with van der Waals surface area (Å²) in [5.74, 6) is 2.98. The normalized spacial score (nSPS) is 16.5. The molecule has 3 heterocycles. The first-order chi connectivity index (χ1) is 24.9. The Bertz CT molecular complexity index is 2010. The van der Waals surface area contributed by atoms with Crippen LogP contribution in [0.15, 0.2) is 72.8 Å². The van der Waals surface area contributed by atoms with Gasteiger partial charge in [0.2, 0.25) is 5.95 Å². The van der Waals surface area contributed by atoms with Crippen LogP contribution >= 0.6 is 0 Å². The van der Waals surface area contributed by atoms with Crippen molar-refractivity contribution in [2.45, 2.75) is 45.4 Å². The Labute approximate surface area is 300 Å².